The van der Waals surface area contributed by atoms with E-state index in [4.69, 9.17) is 4.98 Å². The Balaban J connectivity index is 1.53. The molecule has 0 saturated heterocycles. The molecule has 4 aromatic rings. The first-order chi connectivity index (χ1) is 12.7. The number of hydrogen-bond acceptors (Lipinski definition) is 7. The number of aromatic nitrogens is 6. The Hall–Kier alpha value is -3.13. The van der Waals surface area contributed by atoms with Gasteiger partial charge in [-0.05, 0) is 6.07 Å². The Kier molecular flexibility index (Phi) is 4.40. The molecule has 0 aliphatic rings. The topological polar surface area (TPSA) is 72.6 Å². The normalized spacial score (nSPS) is 10.8. The summed E-state index contributed by atoms with van der Waals surface area (Å²) in [5.41, 5.74) is 2.86. The molecule has 3 heterocycles. The highest BCUT2D eigenvalue weighted by Gasteiger charge is 2.12. The Morgan fingerprint density at radius 2 is 1.92 bits per heavy atom. The van der Waals surface area contributed by atoms with Crippen LogP contribution in [0.2, 0.25) is 0 Å². The summed E-state index contributed by atoms with van der Waals surface area (Å²) in [5.74, 6) is 1.34. The van der Waals surface area contributed by atoms with Crippen molar-refractivity contribution in [2.45, 2.75) is 6.54 Å². The van der Waals surface area contributed by atoms with Crippen LogP contribution in [0.5, 0.6) is 0 Å². The van der Waals surface area contributed by atoms with Crippen molar-refractivity contribution in [3.8, 4) is 22.1 Å². The van der Waals surface area contributed by atoms with Crippen LogP contribution >= 0.6 is 11.3 Å². The van der Waals surface area contributed by atoms with Gasteiger partial charge in [0.15, 0.2) is 5.82 Å². The third-order valence-electron chi connectivity index (χ3n) is 3.90. The van der Waals surface area contributed by atoms with Crippen LogP contribution in [0.3, 0.4) is 0 Å². The van der Waals surface area contributed by atoms with E-state index in [-0.39, 0.29) is 0 Å². The van der Waals surface area contributed by atoms with Crippen LogP contribution in [0, 0.1) is 0 Å². The van der Waals surface area contributed by atoms with E-state index in [0.717, 1.165) is 22.0 Å². The van der Waals surface area contributed by atoms with Crippen molar-refractivity contribution in [2.24, 2.45) is 7.05 Å². The van der Waals surface area contributed by atoms with E-state index in [9.17, 15) is 0 Å². The molecule has 7 nitrogen and oxygen atoms in total. The van der Waals surface area contributed by atoms with Gasteiger partial charge in [0, 0.05) is 31.2 Å². The van der Waals surface area contributed by atoms with Gasteiger partial charge in [-0.3, -0.25) is 0 Å². The first-order valence-corrected chi connectivity index (χ1v) is 8.97. The number of nitrogens with zero attached hydrogens (tertiary/aromatic N) is 7. The number of benzene rings is 1. The van der Waals surface area contributed by atoms with Crippen molar-refractivity contribution in [1.29, 1.82) is 0 Å². The zero-order valence-electron chi connectivity index (χ0n) is 14.4. The third-order valence-corrected chi connectivity index (χ3v) is 4.84. The summed E-state index contributed by atoms with van der Waals surface area (Å²) in [7, 11) is 3.80. The zero-order valence-corrected chi connectivity index (χ0v) is 15.3. The predicted octanol–water partition coefficient (Wildman–Crippen LogP) is 3.03. The third kappa shape index (κ3) is 3.31. The summed E-state index contributed by atoms with van der Waals surface area (Å²) >= 11 is 1.64. The van der Waals surface area contributed by atoms with Crippen LogP contribution < -0.4 is 4.90 Å². The quantitative estimate of drug-likeness (QED) is 0.543. The van der Waals surface area contributed by atoms with Crippen molar-refractivity contribution in [2.75, 3.05) is 11.9 Å². The molecule has 26 heavy (non-hydrogen) atoms. The second-order valence-corrected chi connectivity index (χ2v) is 6.67. The molecule has 0 aliphatic carbocycles. The molecular weight excluding hydrogens is 346 g/mol. The SMILES string of the molecule is CN(Cc1csc(-c2ccccc2)n1)c1nccc(-c2ncnn2C)n1. The van der Waals surface area contributed by atoms with Crippen LogP contribution in [0.25, 0.3) is 22.1 Å². The van der Waals surface area contributed by atoms with Gasteiger partial charge in [-0.15, -0.1) is 11.3 Å². The van der Waals surface area contributed by atoms with Crippen molar-refractivity contribution in [1.82, 2.24) is 29.7 Å². The van der Waals surface area contributed by atoms with E-state index >= 15 is 0 Å². The number of hydrogen-bond donors (Lipinski definition) is 0. The van der Waals surface area contributed by atoms with Crippen LogP contribution in [0.1, 0.15) is 5.69 Å². The fraction of sp³-hybridized carbons (Fsp3) is 0.167. The molecular formula is C18H17N7S. The Bertz CT molecular complexity index is 1010. The molecule has 0 aliphatic heterocycles. The van der Waals surface area contributed by atoms with Gasteiger partial charge >= 0.3 is 0 Å². The molecule has 0 atom stereocenters. The molecule has 1 aromatic carbocycles. The first kappa shape index (κ1) is 16.3. The van der Waals surface area contributed by atoms with E-state index in [1.165, 1.54) is 6.33 Å². The fourth-order valence-corrected chi connectivity index (χ4v) is 3.41. The lowest BCUT2D eigenvalue weighted by atomic mass is 10.2. The molecule has 0 radical (unpaired) electrons. The molecule has 0 spiro atoms. The van der Waals surface area contributed by atoms with Crippen LogP contribution in [0.4, 0.5) is 5.95 Å². The summed E-state index contributed by atoms with van der Waals surface area (Å²) in [6.45, 7) is 0.631. The molecule has 0 N–H and O–H groups in total. The Morgan fingerprint density at radius 3 is 2.69 bits per heavy atom. The summed E-state index contributed by atoms with van der Waals surface area (Å²) in [5, 5.41) is 7.18. The highest BCUT2D eigenvalue weighted by Crippen LogP contribution is 2.24. The van der Waals surface area contributed by atoms with Gasteiger partial charge in [-0.25, -0.2) is 24.6 Å². The molecule has 0 bridgehead atoms. The van der Waals surface area contributed by atoms with Crippen molar-refractivity contribution in [3.63, 3.8) is 0 Å². The molecule has 0 unspecified atom stereocenters. The maximum atomic E-state index is 4.73. The monoisotopic (exact) mass is 363 g/mol. The summed E-state index contributed by atoms with van der Waals surface area (Å²) in [4.78, 5) is 19.9. The Morgan fingerprint density at radius 1 is 1.08 bits per heavy atom. The summed E-state index contributed by atoms with van der Waals surface area (Å²) in [6, 6.07) is 12.0. The Labute approximate surface area is 155 Å². The van der Waals surface area contributed by atoms with E-state index in [1.54, 1.807) is 22.2 Å². The van der Waals surface area contributed by atoms with Gasteiger partial charge in [-0.1, -0.05) is 30.3 Å². The van der Waals surface area contributed by atoms with Crippen LogP contribution in [-0.4, -0.2) is 36.8 Å². The van der Waals surface area contributed by atoms with E-state index in [2.05, 4.69) is 37.6 Å². The van der Waals surface area contributed by atoms with Crippen LogP contribution in [0.15, 0.2) is 54.3 Å². The standard InChI is InChI=1S/C18H17N7S/c1-24(10-14-11-26-17(22-14)13-6-4-3-5-7-13)18-19-9-8-15(23-18)16-20-12-21-25(16)2/h3-9,11-12H,10H2,1-2H3. The molecule has 0 fully saturated rings. The molecule has 0 amide bonds. The number of anilines is 1. The molecule has 3 aromatic heterocycles. The largest absolute Gasteiger partial charge is 0.338 e. The highest BCUT2D eigenvalue weighted by atomic mass is 32.1. The molecule has 4 rings (SSSR count). The number of thiazole rings is 1. The fourth-order valence-electron chi connectivity index (χ4n) is 2.59. The highest BCUT2D eigenvalue weighted by molar-refractivity contribution is 7.13. The van der Waals surface area contributed by atoms with Gasteiger partial charge in [0.05, 0.1) is 12.2 Å². The van der Waals surface area contributed by atoms with Crippen molar-refractivity contribution < 1.29 is 0 Å². The maximum Gasteiger partial charge on any atom is 0.226 e. The average Bonchev–Trinajstić information content (AvgIpc) is 3.31. The second-order valence-electron chi connectivity index (χ2n) is 5.82. The molecule has 0 saturated carbocycles. The van der Waals surface area contributed by atoms with E-state index in [0.29, 0.717) is 18.3 Å². The van der Waals surface area contributed by atoms with E-state index in [1.807, 2.05) is 43.3 Å². The lowest BCUT2D eigenvalue weighted by molar-refractivity contribution is 0.769. The smallest absolute Gasteiger partial charge is 0.226 e. The molecule has 130 valence electrons. The second kappa shape index (κ2) is 7.01. The van der Waals surface area contributed by atoms with Crippen molar-refractivity contribution >= 4 is 17.3 Å². The number of rotatable bonds is 5. The van der Waals surface area contributed by atoms with Gasteiger partial charge < -0.3 is 4.90 Å². The van der Waals surface area contributed by atoms with Gasteiger partial charge in [0.2, 0.25) is 5.95 Å². The minimum Gasteiger partial charge on any atom is -0.338 e. The minimum atomic E-state index is 0.625. The lowest BCUT2D eigenvalue weighted by Gasteiger charge is -2.16. The number of aryl methyl sites for hydroxylation is 1. The summed E-state index contributed by atoms with van der Waals surface area (Å²) < 4.78 is 1.69. The van der Waals surface area contributed by atoms with Crippen molar-refractivity contribution in [3.05, 3.63) is 60.0 Å². The van der Waals surface area contributed by atoms with Crippen LogP contribution in [-0.2, 0) is 13.6 Å². The van der Waals surface area contributed by atoms with E-state index < -0.39 is 0 Å². The van der Waals surface area contributed by atoms with Gasteiger partial charge in [0.25, 0.3) is 0 Å². The maximum absolute atomic E-state index is 4.73. The van der Waals surface area contributed by atoms with Gasteiger partial charge in [0.1, 0.15) is 17.0 Å². The molecule has 8 heteroatoms. The van der Waals surface area contributed by atoms with Gasteiger partial charge in [-0.2, -0.15) is 5.10 Å². The average molecular weight is 363 g/mol. The zero-order chi connectivity index (χ0) is 17.9. The summed E-state index contributed by atoms with van der Waals surface area (Å²) in [6.07, 6.45) is 3.25. The predicted molar refractivity (Wildman–Crippen MR) is 102 cm³/mol. The first-order valence-electron chi connectivity index (χ1n) is 8.09. The lowest BCUT2D eigenvalue weighted by Crippen LogP contribution is -2.19. The minimum absolute atomic E-state index is 0.625.